The molecular formula is C54H79N13O14S2. The fourth-order valence-electron chi connectivity index (χ4n) is 7.84. The third-order valence-corrected chi connectivity index (χ3v) is 14.1. The Kier molecular flexibility index (Phi) is 30.2. The van der Waals surface area contributed by atoms with Crippen molar-refractivity contribution >= 4 is 87.2 Å². The van der Waals surface area contributed by atoms with Crippen molar-refractivity contribution in [1.82, 2.24) is 42.1 Å². The minimum absolute atomic E-state index is 0.0279. The number of hydrogen-bond acceptors (Lipinski definition) is 18. The normalized spacial score (nSPS) is 13.9. The number of aliphatic hydroxyl groups is 4. The number of nitrogens with one attached hydrogen (secondary N) is 8. The summed E-state index contributed by atoms with van der Waals surface area (Å²) in [5.41, 5.74) is 18.5. The Balaban J connectivity index is 1.86. The Hall–Kier alpha value is -7.67. The monoisotopic (exact) mass is 1200 g/mol. The number of hydrogen-bond donors (Lipinski definition) is 17. The quantitative estimate of drug-likeness (QED) is 0.0124. The van der Waals surface area contributed by atoms with Gasteiger partial charge in [-0.1, -0.05) is 74.2 Å². The lowest BCUT2D eigenvalue weighted by molar-refractivity contribution is -0.136. The molecule has 0 heterocycles. The van der Waals surface area contributed by atoms with Crippen molar-refractivity contribution in [3.8, 4) is 11.5 Å². The second-order valence-electron chi connectivity index (χ2n) is 19.5. The topological polar surface area (TPSA) is 448 Å². The highest BCUT2D eigenvalue weighted by atomic mass is 32.2. The molecule has 0 saturated carbocycles. The molecule has 0 radical (unpaired) electrons. The third-order valence-electron chi connectivity index (χ3n) is 12.5. The number of amides is 8. The molecule has 0 aliphatic carbocycles. The highest BCUT2D eigenvalue weighted by molar-refractivity contribution is 8.22. The van der Waals surface area contributed by atoms with Gasteiger partial charge in [0.15, 0.2) is 5.96 Å². The predicted octanol–water partition coefficient (Wildman–Crippen LogP) is -2.83. The maximum Gasteiger partial charge on any atom is 0.246 e. The van der Waals surface area contributed by atoms with Gasteiger partial charge in [0.1, 0.15) is 64.2 Å². The molecule has 27 nitrogen and oxygen atoms in total. The van der Waals surface area contributed by atoms with Gasteiger partial charge in [-0.3, -0.25) is 43.3 Å². The molecule has 3 aromatic rings. The molecule has 29 heteroatoms. The van der Waals surface area contributed by atoms with E-state index in [1.807, 2.05) is 39.8 Å². The molecule has 3 aromatic carbocycles. The van der Waals surface area contributed by atoms with Crippen LogP contribution in [0.3, 0.4) is 0 Å². The van der Waals surface area contributed by atoms with E-state index in [0.717, 1.165) is 23.0 Å². The Morgan fingerprint density at radius 2 is 0.928 bits per heavy atom. The number of thioether (sulfide) groups is 1. The van der Waals surface area contributed by atoms with Crippen LogP contribution in [0.2, 0.25) is 0 Å². The lowest BCUT2D eigenvalue weighted by Gasteiger charge is -2.27. The lowest BCUT2D eigenvalue weighted by atomic mass is 10.0. The summed E-state index contributed by atoms with van der Waals surface area (Å²) >= 11 is 7.06. The van der Waals surface area contributed by atoms with Gasteiger partial charge in [-0.2, -0.15) is 0 Å². The Morgan fingerprint density at radius 3 is 1.33 bits per heavy atom. The number of aliphatic imine (C=N–C) groups is 1. The van der Waals surface area contributed by atoms with Crippen molar-refractivity contribution in [3.05, 3.63) is 89.5 Å². The van der Waals surface area contributed by atoms with Gasteiger partial charge < -0.3 is 95.3 Å². The summed E-state index contributed by atoms with van der Waals surface area (Å²) in [6.07, 6.45) is -0.464. The van der Waals surface area contributed by atoms with Gasteiger partial charge in [0, 0.05) is 43.9 Å². The maximum atomic E-state index is 14.5. The minimum atomic E-state index is -1.86. The fraction of sp³-hybridized carbons (Fsp3) is 0.481. The second-order valence-corrected chi connectivity index (χ2v) is 21.1. The highest BCUT2D eigenvalue weighted by Gasteiger charge is 2.35. The number of nitrogens with two attached hydrogens (primary N) is 3. The number of thiocarbonyl (C=S) groups is 1. The SMILES string of the molecule is CCN(CC)C(=S)SCc1ccc(NC(=O)[C@H](CC(C)C)NC(=O)[C@H](CO)NC(=O)[C@H](Cc2ccc(O)cc2)NC(=O)[C@H](Cc2ccc(O)cc2)NC(=O)[C@H](CO)NC(=O)[C@H](CO)NC(=O)[C@H](CCCN=C(N)N)NC(=O)[C@H](N)CO)cc1. The highest BCUT2D eigenvalue weighted by Crippen LogP contribution is 2.20. The summed E-state index contributed by atoms with van der Waals surface area (Å²) < 4.78 is 0.771. The summed E-state index contributed by atoms with van der Waals surface area (Å²) in [5, 5.41) is 80.1. The van der Waals surface area contributed by atoms with Crippen molar-refractivity contribution in [2.45, 2.75) is 114 Å². The summed E-state index contributed by atoms with van der Waals surface area (Å²) in [7, 11) is 0. The number of rotatable bonds is 34. The predicted molar refractivity (Wildman–Crippen MR) is 315 cm³/mol. The molecule has 83 heavy (non-hydrogen) atoms. The minimum Gasteiger partial charge on any atom is -0.508 e. The number of phenolic OH excluding ortho intramolecular Hbond substituents is 2. The van der Waals surface area contributed by atoms with Crippen LogP contribution in [-0.2, 0) is 57.0 Å². The Labute approximate surface area is 490 Å². The van der Waals surface area contributed by atoms with Gasteiger partial charge >= 0.3 is 0 Å². The molecule has 0 spiro atoms. The van der Waals surface area contributed by atoms with Gasteiger partial charge in [0.25, 0.3) is 0 Å². The summed E-state index contributed by atoms with van der Waals surface area (Å²) in [6, 6.07) is 5.59. The first-order valence-corrected chi connectivity index (χ1v) is 28.1. The van der Waals surface area contributed by atoms with Crippen LogP contribution >= 0.6 is 24.0 Å². The first-order valence-electron chi connectivity index (χ1n) is 26.7. The summed E-state index contributed by atoms with van der Waals surface area (Å²) in [5.74, 6) is -7.90. The van der Waals surface area contributed by atoms with E-state index in [0.29, 0.717) is 22.6 Å². The number of carbonyl (C=O) groups is 8. The molecule has 8 amide bonds. The number of aliphatic hydroxyl groups excluding tert-OH is 4. The van der Waals surface area contributed by atoms with Crippen molar-refractivity contribution in [2.75, 3.05) is 51.4 Å². The van der Waals surface area contributed by atoms with E-state index in [2.05, 4.69) is 52.4 Å². The van der Waals surface area contributed by atoms with Crippen molar-refractivity contribution in [2.24, 2.45) is 28.1 Å². The van der Waals surface area contributed by atoms with E-state index >= 15 is 0 Å². The zero-order valence-corrected chi connectivity index (χ0v) is 48.3. The second kappa shape index (κ2) is 36.0. The number of benzene rings is 3. The number of guanidine groups is 1. The van der Waals surface area contributed by atoms with Crippen LogP contribution in [-0.4, -0.2) is 187 Å². The molecule has 3 rings (SSSR count). The zero-order valence-electron chi connectivity index (χ0n) is 46.7. The molecular weight excluding hydrogens is 1120 g/mol. The van der Waals surface area contributed by atoms with Gasteiger partial charge in [-0.25, -0.2) is 0 Å². The van der Waals surface area contributed by atoms with Crippen LogP contribution in [0.1, 0.15) is 63.6 Å². The van der Waals surface area contributed by atoms with Crippen LogP contribution < -0.4 is 59.7 Å². The molecule has 0 aliphatic heterocycles. The molecule has 0 fully saturated rings. The number of anilines is 1. The molecule has 456 valence electrons. The molecule has 8 atom stereocenters. The maximum absolute atomic E-state index is 14.5. The lowest BCUT2D eigenvalue weighted by Crippen LogP contribution is -2.62. The van der Waals surface area contributed by atoms with Crippen LogP contribution in [0.15, 0.2) is 77.8 Å². The standard InChI is InChI=1S/C54H79N13O14S2/c1-5-67(6-2)54(82)83-29-33-9-15-34(16-10-33)59-47(76)39(22-30(3)4)61-50(79)42(26-69)65-49(78)41(24-32-13-19-36(73)20-14-32)62-48(77)40(23-31-11-17-35(72)18-12-31)63-51(80)43(27-70)66-52(81)44(28-71)64-46(75)38(8-7-21-58-53(56)57)60-45(74)37(55)25-68/h9-20,30,37-44,68-73H,5-8,21-29,55H2,1-4H3,(H,59,76)(H,60,74)(H,61,79)(H,62,77)(H,63,80)(H,64,75)(H,65,78)(H,66,81)(H4,56,57,58)/t37-,38+,39+,40+,41+,42+,43+,44+/m1/s1. The van der Waals surface area contributed by atoms with Crippen molar-refractivity contribution in [1.29, 1.82) is 0 Å². The number of aromatic hydroxyl groups is 2. The van der Waals surface area contributed by atoms with Crippen LogP contribution in [0.25, 0.3) is 0 Å². The average Bonchev–Trinajstić information content (AvgIpc) is 3.46. The zero-order chi connectivity index (χ0) is 61.8. The summed E-state index contributed by atoms with van der Waals surface area (Å²) in [6.45, 7) is 5.42. The molecule has 0 bridgehead atoms. The van der Waals surface area contributed by atoms with E-state index in [1.165, 1.54) is 60.3 Å². The molecule has 0 unspecified atom stereocenters. The molecule has 0 aromatic heterocycles. The Morgan fingerprint density at radius 1 is 0.542 bits per heavy atom. The number of nitrogens with zero attached hydrogens (tertiary/aromatic N) is 2. The van der Waals surface area contributed by atoms with Gasteiger partial charge in [0.05, 0.1) is 26.4 Å². The molecule has 0 aliphatic rings. The van der Waals surface area contributed by atoms with E-state index in [4.69, 9.17) is 29.4 Å². The number of phenols is 2. The van der Waals surface area contributed by atoms with Crippen molar-refractivity contribution in [3.63, 3.8) is 0 Å². The van der Waals surface area contributed by atoms with E-state index in [1.54, 1.807) is 12.1 Å². The van der Waals surface area contributed by atoms with Crippen molar-refractivity contribution < 1.29 is 69.0 Å². The van der Waals surface area contributed by atoms with E-state index in [9.17, 15) is 69.0 Å². The van der Waals surface area contributed by atoms with E-state index in [-0.39, 0.29) is 62.0 Å². The third kappa shape index (κ3) is 24.4. The average molecular weight is 1200 g/mol. The largest absolute Gasteiger partial charge is 0.508 e. The fourth-order valence-corrected chi connectivity index (χ4v) is 9.20. The molecule has 0 saturated heterocycles. The van der Waals surface area contributed by atoms with Crippen LogP contribution in [0, 0.1) is 5.92 Å². The molecule has 20 N–H and O–H groups in total. The van der Waals surface area contributed by atoms with Crippen LogP contribution in [0.4, 0.5) is 5.69 Å². The van der Waals surface area contributed by atoms with Crippen LogP contribution in [0.5, 0.6) is 11.5 Å². The Bertz CT molecular complexity index is 2650. The number of carbonyl (C=O) groups excluding carboxylic acids is 8. The first kappa shape index (κ1) is 69.6. The van der Waals surface area contributed by atoms with E-state index < -0.39 is 122 Å². The first-order chi connectivity index (χ1) is 39.4. The smallest absolute Gasteiger partial charge is 0.246 e. The summed E-state index contributed by atoms with van der Waals surface area (Å²) in [4.78, 5) is 116. The van der Waals surface area contributed by atoms with Gasteiger partial charge in [-0.15, -0.1) is 0 Å². The van der Waals surface area contributed by atoms with Gasteiger partial charge in [0.2, 0.25) is 47.3 Å². The van der Waals surface area contributed by atoms with Gasteiger partial charge in [-0.05, 0) is 92.1 Å².